The molecule has 4 rings (SSSR count). The lowest BCUT2D eigenvalue weighted by Gasteiger charge is -2.07. The Bertz CT molecular complexity index is 1150. The number of halogens is 1. The number of hydrogen-bond donors (Lipinski definition) is 2. The van der Waals surface area contributed by atoms with Crippen LogP contribution in [0, 0.1) is 5.82 Å². The van der Waals surface area contributed by atoms with Gasteiger partial charge in [0.15, 0.2) is 5.76 Å². The van der Waals surface area contributed by atoms with E-state index in [9.17, 15) is 14.0 Å². The van der Waals surface area contributed by atoms with Crippen molar-refractivity contribution in [2.75, 3.05) is 0 Å². The van der Waals surface area contributed by atoms with Crippen LogP contribution in [-0.4, -0.2) is 17.0 Å². The maximum Gasteiger partial charge on any atom is 0.269 e. The van der Waals surface area contributed by atoms with Crippen LogP contribution in [0.5, 0.6) is 0 Å². The van der Waals surface area contributed by atoms with Crippen molar-refractivity contribution in [3.63, 3.8) is 0 Å². The third-order valence-corrected chi connectivity index (χ3v) is 4.17. The maximum absolute atomic E-state index is 12.9. The molecular weight excluding hydrogens is 361 g/mol. The van der Waals surface area contributed by atoms with Crippen LogP contribution < -0.4 is 10.9 Å². The highest BCUT2D eigenvalue weighted by atomic mass is 19.1. The van der Waals surface area contributed by atoms with Gasteiger partial charge in [0.2, 0.25) is 0 Å². The van der Waals surface area contributed by atoms with Gasteiger partial charge in [-0.25, -0.2) is 4.39 Å². The number of carbonyl (C=O) groups excluding carboxylic acids is 2. The van der Waals surface area contributed by atoms with E-state index in [-0.39, 0.29) is 5.56 Å². The lowest BCUT2D eigenvalue weighted by molar-refractivity contribution is 0.0846. The van der Waals surface area contributed by atoms with Crippen LogP contribution in [-0.2, 0) is 0 Å². The number of nitrogens with one attached hydrogen (secondary N) is 2. The zero-order valence-corrected chi connectivity index (χ0v) is 14.5. The predicted molar refractivity (Wildman–Crippen MR) is 101 cm³/mol. The molecule has 0 bridgehead atoms. The molecule has 0 unspecified atom stereocenters. The smallest absolute Gasteiger partial charge is 0.269 e. The van der Waals surface area contributed by atoms with Crippen molar-refractivity contribution >= 4 is 22.7 Å². The normalized spacial score (nSPS) is 10.6. The van der Waals surface area contributed by atoms with E-state index in [1.54, 1.807) is 18.2 Å². The van der Waals surface area contributed by atoms with Crippen LogP contribution in [0.25, 0.3) is 22.2 Å². The van der Waals surface area contributed by atoms with Crippen molar-refractivity contribution in [3.8, 4) is 11.3 Å². The number of fused-ring (bicyclic) bond motifs is 1. The van der Waals surface area contributed by atoms with Gasteiger partial charge in [0.25, 0.3) is 11.8 Å². The molecule has 0 spiro atoms. The fourth-order valence-corrected chi connectivity index (χ4v) is 2.74. The second-order valence-electron chi connectivity index (χ2n) is 6.02. The Hall–Kier alpha value is -4.00. The van der Waals surface area contributed by atoms with Crippen molar-refractivity contribution in [2.45, 2.75) is 0 Å². The number of hydrogen-bond acceptors (Lipinski definition) is 4. The topological polar surface area (TPSA) is 84.2 Å². The lowest BCUT2D eigenvalue weighted by Crippen LogP contribution is -2.41. The van der Waals surface area contributed by atoms with Crippen molar-refractivity contribution in [2.24, 2.45) is 0 Å². The molecule has 0 atom stereocenters. The van der Waals surface area contributed by atoms with E-state index < -0.39 is 17.6 Å². The van der Waals surface area contributed by atoms with E-state index in [1.807, 2.05) is 30.3 Å². The van der Waals surface area contributed by atoms with Crippen LogP contribution in [0.15, 0.2) is 77.3 Å². The Morgan fingerprint density at radius 1 is 0.821 bits per heavy atom. The first-order valence-corrected chi connectivity index (χ1v) is 8.43. The van der Waals surface area contributed by atoms with Crippen LogP contribution in [0.4, 0.5) is 4.39 Å². The predicted octanol–water partition coefficient (Wildman–Crippen LogP) is 3.71. The molecule has 138 valence electrons. The minimum Gasteiger partial charge on any atom is -0.355 e. The molecular formula is C21H14FN3O3. The molecule has 3 aromatic carbocycles. The lowest BCUT2D eigenvalue weighted by atomic mass is 10.1. The molecule has 0 saturated carbocycles. The summed E-state index contributed by atoms with van der Waals surface area (Å²) in [6.45, 7) is 0. The largest absolute Gasteiger partial charge is 0.355 e. The first-order chi connectivity index (χ1) is 13.6. The van der Waals surface area contributed by atoms with Gasteiger partial charge < -0.3 is 4.52 Å². The maximum atomic E-state index is 12.9. The fraction of sp³-hybridized carbons (Fsp3) is 0. The zero-order valence-electron chi connectivity index (χ0n) is 14.5. The van der Waals surface area contributed by atoms with Crippen molar-refractivity contribution in [3.05, 3.63) is 89.7 Å². The molecule has 0 saturated heterocycles. The minimum absolute atomic E-state index is 0.225. The summed E-state index contributed by atoms with van der Waals surface area (Å²) >= 11 is 0. The molecule has 7 heteroatoms. The second kappa shape index (κ2) is 7.32. The van der Waals surface area contributed by atoms with E-state index in [0.717, 1.165) is 5.56 Å². The number of amides is 2. The number of rotatable bonds is 3. The number of nitrogens with zero attached hydrogens (tertiary/aromatic N) is 1. The Kier molecular flexibility index (Phi) is 4.55. The van der Waals surface area contributed by atoms with Crippen molar-refractivity contribution < 1.29 is 18.5 Å². The minimum atomic E-state index is -0.551. The highest BCUT2D eigenvalue weighted by Gasteiger charge is 2.14. The van der Waals surface area contributed by atoms with Crippen molar-refractivity contribution in [1.82, 2.24) is 16.0 Å². The average Bonchev–Trinajstić information content (AvgIpc) is 3.16. The van der Waals surface area contributed by atoms with E-state index in [0.29, 0.717) is 22.2 Å². The summed E-state index contributed by atoms with van der Waals surface area (Å²) in [6.07, 6.45) is 0. The van der Waals surface area contributed by atoms with Gasteiger partial charge in [0.1, 0.15) is 11.3 Å². The monoisotopic (exact) mass is 375 g/mol. The first-order valence-electron chi connectivity index (χ1n) is 8.43. The second-order valence-corrected chi connectivity index (χ2v) is 6.02. The molecule has 1 heterocycles. The molecule has 6 nitrogen and oxygen atoms in total. The molecule has 4 aromatic rings. The average molecular weight is 375 g/mol. The van der Waals surface area contributed by atoms with Gasteiger partial charge in [-0.2, -0.15) is 0 Å². The Morgan fingerprint density at radius 3 is 2.18 bits per heavy atom. The molecule has 0 radical (unpaired) electrons. The molecule has 1 aromatic heterocycles. The third kappa shape index (κ3) is 3.45. The molecule has 0 aliphatic rings. The molecule has 28 heavy (non-hydrogen) atoms. The van der Waals surface area contributed by atoms with Gasteiger partial charge in [-0.05, 0) is 42.5 Å². The molecule has 0 fully saturated rings. The quantitative estimate of drug-likeness (QED) is 0.535. The van der Waals surface area contributed by atoms with Crippen LogP contribution in [0.3, 0.4) is 0 Å². The molecule has 0 aliphatic heterocycles. The van der Waals surface area contributed by atoms with E-state index >= 15 is 0 Å². The molecule has 0 aliphatic carbocycles. The highest BCUT2D eigenvalue weighted by molar-refractivity contribution is 6.02. The van der Waals surface area contributed by atoms with E-state index in [1.165, 1.54) is 24.3 Å². The Morgan fingerprint density at radius 2 is 1.46 bits per heavy atom. The standard InChI is InChI=1S/C21H14FN3O3/c22-16-9-6-14(7-10-16)20(26)23-24-21(27)15-8-11-18-17(12-15)19(28-25-18)13-4-2-1-3-5-13/h1-12H,(H,23,26)(H,24,27). The molecule has 2 amide bonds. The first kappa shape index (κ1) is 17.4. The van der Waals surface area contributed by atoms with E-state index in [4.69, 9.17) is 4.52 Å². The van der Waals surface area contributed by atoms with Gasteiger partial charge in [0.05, 0.1) is 5.39 Å². The van der Waals surface area contributed by atoms with Gasteiger partial charge in [-0.15, -0.1) is 0 Å². The number of carbonyl (C=O) groups is 2. The van der Waals surface area contributed by atoms with Gasteiger partial charge in [-0.3, -0.25) is 20.4 Å². The SMILES string of the molecule is O=C(NNC(=O)c1ccc2noc(-c3ccccc3)c2c1)c1ccc(F)cc1. The van der Waals surface area contributed by atoms with E-state index in [2.05, 4.69) is 16.0 Å². The zero-order chi connectivity index (χ0) is 19.5. The summed E-state index contributed by atoms with van der Waals surface area (Å²) in [6, 6.07) is 19.3. The summed E-state index contributed by atoms with van der Waals surface area (Å²) in [4.78, 5) is 24.4. The number of hydrazine groups is 1. The number of benzene rings is 3. The third-order valence-electron chi connectivity index (χ3n) is 4.17. The van der Waals surface area contributed by atoms with Gasteiger partial charge >= 0.3 is 0 Å². The summed E-state index contributed by atoms with van der Waals surface area (Å²) in [5, 5.41) is 4.69. The summed E-state index contributed by atoms with van der Waals surface area (Å²) in [7, 11) is 0. The summed E-state index contributed by atoms with van der Waals surface area (Å²) in [5.74, 6) is -0.945. The fourth-order valence-electron chi connectivity index (χ4n) is 2.74. The van der Waals surface area contributed by atoms with Gasteiger partial charge in [0, 0.05) is 16.7 Å². The Labute approximate surface area is 158 Å². The van der Waals surface area contributed by atoms with Crippen LogP contribution in [0.1, 0.15) is 20.7 Å². The number of aromatic nitrogens is 1. The molecule has 2 N–H and O–H groups in total. The highest BCUT2D eigenvalue weighted by Crippen LogP contribution is 2.29. The summed E-state index contributed by atoms with van der Waals surface area (Å²) < 4.78 is 18.3. The Balaban J connectivity index is 1.53. The summed E-state index contributed by atoms with van der Waals surface area (Å²) in [5.41, 5.74) is 6.66. The van der Waals surface area contributed by atoms with Gasteiger partial charge in [-0.1, -0.05) is 35.5 Å². The van der Waals surface area contributed by atoms with Crippen LogP contribution in [0.2, 0.25) is 0 Å². The van der Waals surface area contributed by atoms with Crippen molar-refractivity contribution in [1.29, 1.82) is 0 Å². The van der Waals surface area contributed by atoms with Crippen LogP contribution >= 0.6 is 0 Å².